The van der Waals surface area contributed by atoms with Gasteiger partial charge < -0.3 is 29.3 Å². The van der Waals surface area contributed by atoms with E-state index >= 15 is 0 Å². The molecule has 1 amide bonds. The number of nitrogens with one attached hydrogen (secondary N) is 1. The monoisotopic (exact) mass is 572 g/mol. The lowest BCUT2D eigenvalue weighted by Crippen LogP contribution is -2.42. The molecule has 0 spiro atoms. The maximum Gasteiger partial charge on any atom is 0.341 e. The van der Waals surface area contributed by atoms with Gasteiger partial charge in [-0.2, -0.15) is 0 Å². The van der Waals surface area contributed by atoms with Gasteiger partial charge in [0, 0.05) is 22.9 Å². The number of benzene rings is 2. The van der Waals surface area contributed by atoms with Crippen molar-refractivity contribution in [1.82, 2.24) is 14.9 Å². The Morgan fingerprint density at radius 1 is 1.14 bits per heavy atom. The average molecular weight is 573 g/mol. The third kappa shape index (κ3) is 6.21. The first-order valence-electron chi connectivity index (χ1n) is 13.4. The smallest absolute Gasteiger partial charge is 0.341 e. The summed E-state index contributed by atoms with van der Waals surface area (Å²) in [7, 11) is 0. The molecule has 42 heavy (non-hydrogen) atoms. The Hall–Kier alpha value is -5.29. The topological polar surface area (TPSA) is 193 Å². The zero-order valence-corrected chi connectivity index (χ0v) is 22.5. The number of fused-ring (bicyclic) bond motifs is 1. The van der Waals surface area contributed by atoms with Gasteiger partial charge in [-0.05, 0) is 60.3 Å². The molecule has 216 valence electrons. The van der Waals surface area contributed by atoms with Crippen LogP contribution in [0.1, 0.15) is 54.1 Å². The molecule has 1 fully saturated rings. The summed E-state index contributed by atoms with van der Waals surface area (Å²) < 4.78 is 12.6. The molecular formula is C29H28N6O7. The van der Waals surface area contributed by atoms with E-state index in [1.807, 2.05) is 12.1 Å². The average Bonchev–Trinajstić information content (AvgIpc) is 3.65. The fraction of sp³-hybridized carbons (Fsp3) is 0.310. The van der Waals surface area contributed by atoms with E-state index in [4.69, 9.17) is 24.8 Å². The Bertz CT molecular complexity index is 1670. The van der Waals surface area contributed by atoms with Gasteiger partial charge in [0.1, 0.15) is 23.9 Å². The zero-order chi connectivity index (χ0) is 29.6. The molecular weight excluding hydrogens is 544 g/mol. The van der Waals surface area contributed by atoms with Crippen molar-refractivity contribution < 1.29 is 33.8 Å². The molecule has 0 bridgehead atoms. The minimum Gasteiger partial charge on any atom is -0.481 e. The fourth-order valence-corrected chi connectivity index (χ4v) is 5.30. The highest BCUT2D eigenvalue weighted by molar-refractivity contribution is 5.99. The summed E-state index contributed by atoms with van der Waals surface area (Å²) in [6, 6.07) is 10.3. The number of hydrogen-bond acceptors (Lipinski definition) is 7. The molecule has 1 saturated carbocycles. The molecule has 13 nitrogen and oxygen atoms in total. The minimum atomic E-state index is -1.31. The number of rotatable bonds is 11. The van der Waals surface area contributed by atoms with E-state index in [0.29, 0.717) is 11.1 Å². The molecule has 0 radical (unpaired) electrons. The molecule has 3 N–H and O–H groups in total. The van der Waals surface area contributed by atoms with Crippen LogP contribution in [0.5, 0.6) is 5.75 Å². The number of furan rings is 1. The van der Waals surface area contributed by atoms with Gasteiger partial charge in [0.2, 0.25) is 0 Å². The summed E-state index contributed by atoms with van der Waals surface area (Å²) in [6.07, 6.45) is 8.65. The van der Waals surface area contributed by atoms with Crippen molar-refractivity contribution >= 4 is 34.6 Å². The molecule has 1 aliphatic rings. The standard InChI is InChI=1S/C29H28N6O7/c30-34-33-22-12-17(6-9-25(22)42-16-26(36)37)13-23(29(39)40)32-28(38)18-7-8-24-21(14-18)31-27(19-10-11-41-15-19)35(24)20-4-2-1-3-5-20/h6-12,14-15,20,23H,1-5,13,16H2,(H,32,38)(H,36,37)(H,39,40)/t23-/m0/s1. The number of carboxylic acid groups (broad SMARTS) is 2. The highest BCUT2D eigenvalue weighted by Gasteiger charge is 2.25. The van der Waals surface area contributed by atoms with Crippen molar-refractivity contribution in [3.05, 3.63) is 76.6 Å². The molecule has 1 aliphatic carbocycles. The van der Waals surface area contributed by atoms with E-state index in [1.54, 1.807) is 24.7 Å². The van der Waals surface area contributed by atoms with Crippen LogP contribution < -0.4 is 10.1 Å². The SMILES string of the molecule is [N-]=[N+]=Nc1cc(C[C@H](NC(=O)c2ccc3c(c2)nc(-c2ccoc2)n3C2CCCCC2)C(=O)O)ccc1OCC(=O)O. The third-order valence-electron chi connectivity index (χ3n) is 7.24. The van der Waals surface area contributed by atoms with Crippen LogP contribution in [0.4, 0.5) is 5.69 Å². The van der Waals surface area contributed by atoms with Gasteiger partial charge in [-0.15, -0.1) is 0 Å². The third-order valence-corrected chi connectivity index (χ3v) is 7.24. The Balaban J connectivity index is 1.38. The van der Waals surface area contributed by atoms with Crippen LogP contribution in [0.3, 0.4) is 0 Å². The quantitative estimate of drug-likeness (QED) is 0.117. The first-order valence-corrected chi connectivity index (χ1v) is 13.4. The van der Waals surface area contributed by atoms with Crippen LogP contribution in [0.25, 0.3) is 32.9 Å². The van der Waals surface area contributed by atoms with Crippen molar-refractivity contribution in [2.75, 3.05) is 6.61 Å². The number of carbonyl (C=O) groups excluding carboxylic acids is 1. The lowest BCUT2D eigenvalue weighted by molar-refractivity contribution is -0.140. The summed E-state index contributed by atoms with van der Waals surface area (Å²) in [4.78, 5) is 43.7. The van der Waals surface area contributed by atoms with Crippen LogP contribution in [0, 0.1) is 0 Å². The molecule has 13 heteroatoms. The maximum atomic E-state index is 13.2. The number of hydrogen-bond donors (Lipinski definition) is 3. The summed E-state index contributed by atoms with van der Waals surface area (Å²) in [5, 5.41) is 24.8. The van der Waals surface area contributed by atoms with Gasteiger partial charge in [0.05, 0.1) is 28.5 Å². The predicted molar refractivity (Wildman–Crippen MR) is 151 cm³/mol. The van der Waals surface area contributed by atoms with E-state index in [-0.39, 0.29) is 29.5 Å². The molecule has 0 unspecified atom stereocenters. The zero-order valence-electron chi connectivity index (χ0n) is 22.5. The molecule has 1 atom stereocenters. The number of carbonyl (C=O) groups is 3. The highest BCUT2D eigenvalue weighted by atomic mass is 16.5. The lowest BCUT2D eigenvalue weighted by atomic mass is 9.95. The Kier molecular flexibility index (Phi) is 8.39. The number of nitrogens with zero attached hydrogens (tertiary/aromatic N) is 5. The number of azide groups is 1. The van der Waals surface area contributed by atoms with E-state index in [1.165, 1.54) is 24.6 Å². The molecule has 5 rings (SSSR count). The van der Waals surface area contributed by atoms with E-state index in [9.17, 15) is 19.5 Å². The minimum absolute atomic E-state index is 0.000791. The number of aromatic nitrogens is 2. The maximum absolute atomic E-state index is 13.2. The molecule has 2 heterocycles. The Labute approximate surface area is 239 Å². The first kappa shape index (κ1) is 28.2. The second-order valence-corrected chi connectivity index (χ2v) is 10.1. The largest absolute Gasteiger partial charge is 0.481 e. The van der Waals surface area contributed by atoms with Gasteiger partial charge >= 0.3 is 11.9 Å². The molecule has 0 saturated heterocycles. The van der Waals surface area contributed by atoms with Gasteiger partial charge in [0.25, 0.3) is 5.91 Å². The summed E-state index contributed by atoms with van der Waals surface area (Å²) in [5.74, 6) is -2.26. The predicted octanol–water partition coefficient (Wildman–Crippen LogP) is 5.63. The number of aliphatic carboxylic acids is 2. The van der Waals surface area contributed by atoms with Crippen LogP contribution in [0.2, 0.25) is 0 Å². The molecule has 2 aromatic carbocycles. The molecule has 4 aromatic rings. The second kappa shape index (κ2) is 12.5. The van der Waals surface area contributed by atoms with Crippen molar-refractivity contribution in [2.45, 2.75) is 50.6 Å². The fourth-order valence-electron chi connectivity index (χ4n) is 5.30. The number of imidazole rings is 1. The van der Waals surface area contributed by atoms with E-state index < -0.39 is 30.5 Å². The van der Waals surface area contributed by atoms with E-state index in [0.717, 1.165) is 42.6 Å². The number of amides is 1. The summed E-state index contributed by atoms with van der Waals surface area (Å²) in [5.41, 5.74) is 11.9. The van der Waals surface area contributed by atoms with Gasteiger partial charge in [-0.25, -0.2) is 14.6 Å². The molecule has 2 aromatic heterocycles. The van der Waals surface area contributed by atoms with Crippen molar-refractivity contribution in [3.8, 4) is 17.1 Å². The van der Waals surface area contributed by atoms with Gasteiger partial charge in [-0.3, -0.25) is 4.79 Å². The molecule has 0 aliphatic heterocycles. The lowest BCUT2D eigenvalue weighted by Gasteiger charge is -2.25. The first-order chi connectivity index (χ1) is 20.3. The van der Waals surface area contributed by atoms with Crippen LogP contribution in [0.15, 0.2) is 64.5 Å². The number of ether oxygens (including phenoxy) is 1. The van der Waals surface area contributed by atoms with Crippen molar-refractivity contribution in [1.29, 1.82) is 0 Å². The van der Waals surface area contributed by atoms with Crippen LogP contribution in [-0.4, -0.2) is 50.3 Å². The Morgan fingerprint density at radius 3 is 2.64 bits per heavy atom. The van der Waals surface area contributed by atoms with Crippen LogP contribution >= 0.6 is 0 Å². The summed E-state index contributed by atoms with van der Waals surface area (Å²) in [6.45, 7) is -0.645. The Morgan fingerprint density at radius 2 is 1.95 bits per heavy atom. The van der Waals surface area contributed by atoms with Crippen LogP contribution in [-0.2, 0) is 16.0 Å². The van der Waals surface area contributed by atoms with Crippen molar-refractivity contribution in [2.24, 2.45) is 5.11 Å². The number of carboxylic acids is 2. The van der Waals surface area contributed by atoms with Gasteiger partial charge in [0.15, 0.2) is 6.61 Å². The van der Waals surface area contributed by atoms with Crippen molar-refractivity contribution in [3.63, 3.8) is 0 Å². The summed E-state index contributed by atoms with van der Waals surface area (Å²) >= 11 is 0. The second-order valence-electron chi connectivity index (χ2n) is 10.1. The van der Waals surface area contributed by atoms with E-state index in [2.05, 4.69) is 19.9 Å². The van der Waals surface area contributed by atoms with Gasteiger partial charge in [-0.1, -0.05) is 30.4 Å². The highest BCUT2D eigenvalue weighted by Crippen LogP contribution is 2.36. The normalized spacial score (nSPS) is 14.2.